The van der Waals surface area contributed by atoms with E-state index in [0.29, 0.717) is 18.0 Å². The van der Waals surface area contributed by atoms with Gasteiger partial charge in [-0.2, -0.15) is 0 Å². The molecule has 1 aromatic carbocycles. The predicted molar refractivity (Wildman–Crippen MR) is 70.6 cm³/mol. The van der Waals surface area contributed by atoms with Gasteiger partial charge < -0.3 is 21.1 Å². The Balaban J connectivity index is 1.72. The minimum Gasteiger partial charge on any atom is -0.397 e. The van der Waals surface area contributed by atoms with E-state index in [-0.39, 0.29) is 5.91 Å². The van der Waals surface area contributed by atoms with Crippen molar-refractivity contribution in [3.05, 3.63) is 17.7 Å². The van der Waals surface area contributed by atoms with E-state index in [2.05, 4.69) is 10.6 Å². The summed E-state index contributed by atoms with van der Waals surface area (Å²) >= 11 is 0. The third-order valence-electron chi connectivity index (χ3n) is 3.51. The Labute approximate surface area is 106 Å². The third kappa shape index (κ3) is 2.13. The minimum absolute atomic E-state index is 0.0331. The van der Waals surface area contributed by atoms with Crippen molar-refractivity contribution >= 4 is 23.0 Å². The van der Waals surface area contributed by atoms with Gasteiger partial charge >= 0.3 is 0 Å². The highest BCUT2D eigenvalue weighted by Gasteiger charge is 2.20. The van der Waals surface area contributed by atoms with Crippen LogP contribution in [0.5, 0.6) is 0 Å². The molecule has 4 N–H and O–H groups in total. The average molecular weight is 247 g/mol. The maximum Gasteiger partial charge on any atom is 0.228 e. The van der Waals surface area contributed by atoms with E-state index >= 15 is 0 Å². The van der Waals surface area contributed by atoms with Crippen LogP contribution >= 0.6 is 0 Å². The number of nitrogens with two attached hydrogens (primary N) is 1. The van der Waals surface area contributed by atoms with Gasteiger partial charge in [-0.1, -0.05) is 0 Å². The van der Waals surface area contributed by atoms with Gasteiger partial charge in [-0.05, 0) is 24.1 Å². The van der Waals surface area contributed by atoms with E-state index in [1.54, 1.807) is 0 Å². The van der Waals surface area contributed by atoms with Crippen molar-refractivity contribution < 1.29 is 9.53 Å². The Kier molecular flexibility index (Phi) is 2.83. The first-order valence-corrected chi connectivity index (χ1v) is 6.26. The number of nitrogens with one attached hydrogen (secondary N) is 2. The van der Waals surface area contributed by atoms with Crippen LogP contribution in [0.1, 0.15) is 12.0 Å². The second kappa shape index (κ2) is 4.49. The molecule has 2 heterocycles. The topological polar surface area (TPSA) is 76.4 Å². The Morgan fingerprint density at radius 1 is 1.50 bits per heavy atom. The smallest absolute Gasteiger partial charge is 0.228 e. The summed E-state index contributed by atoms with van der Waals surface area (Å²) in [6.45, 7) is 2.52. The molecule has 18 heavy (non-hydrogen) atoms. The van der Waals surface area contributed by atoms with Crippen LogP contribution in [-0.4, -0.2) is 25.7 Å². The van der Waals surface area contributed by atoms with Gasteiger partial charge in [-0.15, -0.1) is 0 Å². The van der Waals surface area contributed by atoms with Crippen molar-refractivity contribution in [1.82, 2.24) is 0 Å². The SMILES string of the molecule is Nc1cc2c(cc1NCC1CCOC1)NC(=O)C2. The van der Waals surface area contributed by atoms with Crippen molar-refractivity contribution in [3.8, 4) is 0 Å². The molecule has 1 atom stereocenters. The zero-order chi connectivity index (χ0) is 12.5. The quantitative estimate of drug-likeness (QED) is 0.702. The number of rotatable bonds is 3. The standard InChI is InChI=1S/C13H17N3O2/c14-10-3-9-4-13(17)16-11(9)5-12(10)15-6-8-1-2-18-7-8/h3,5,8,15H,1-2,4,6-7,14H2,(H,16,17). The second-order valence-corrected chi connectivity index (χ2v) is 4.93. The number of hydrogen-bond donors (Lipinski definition) is 3. The fourth-order valence-corrected chi connectivity index (χ4v) is 2.45. The van der Waals surface area contributed by atoms with Gasteiger partial charge in [0.1, 0.15) is 0 Å². The van der Waals surface area contributed by atoms with Gasteiger partial charge in [-0.25, -0.2) is 0 Å². The van der Waals surface area contributed by atoms with Gasteiger partial charge in [0.25, 0.3) is 0 Å². The lowest BCUT2D eigenvalue weighted by Gasteiger charge is -2.14. The summed E-state index contributed by atoms with van der Waals surface area (Å²) in [7, 11) is 0. The Morgan fingerprint density at radius 2 is 2.39 bits per heavy atom. The summed E-state index contributed by atoms with van der Waals surface area (Å²) in [6, 6.07) is 3.80. The van der Waals surface area contributed by atoms with E-state index < -0.39 is 0 Å². The molecule has 2 aliphatic heterocycles. The number of fused-ring (bicyclic) bond motifs is 1. The number of carbonyl (C=O) groups is 1. The maximum absolute atomic E-state index is 11.3. The highest BCUT2D eigenvalue weighted by molar-refractivity contribution is 6.00. The van der Waals surface area contributed by atoms with Gasteiger partial charge in [0.05, 0.1) is 24.4 Å². The highest BCUT2D eigenvalue weighted by Crippen LogP contribution is 2.31. The van der Waals surface area contributed by atoms with Crippen molar-refractivity contribution in [3.63, 3.8) is 0 Å². The van der Waals surface area contributed by atoms with Gasteiger partial charge in [-0.3, -0.25) is 4.79 Å². The Bertz CT molecular complexity index is 481. The number of hydrogen-bond acceptors (Lipinski definition) is 4. The monoisotopic (exact) mass is 247 g/mol. The molecule has 1 aromatic rings. The van der Waals surface area contributed by atoms with Crippen molar-refractivity contribution in [2.24, 2.45) is 5.92 Å². The number of anilines is 3. The first-order valence-electron chi connectivity index (χ1n) is 6.26. The van der Waals surface area contributed by atoms with Crippen LogP contribution in [0.3, 0.4) is 0 Å². The minimum atomic E-state index is 0.0331. The molecule has 2 aliphatic rings. The van der Waals surface area contributed by atoms with Crippen LogP contribution in [0.25, 0.3) is 0 Å². The third-order valence-corrected chi connectivity index (χ3v) is 3.51. The van der Waals surface area contributed by atoms with Crippen molar-refractivity contribution in [2.75, 3.05) is 36.1 Å². The van der Waals surface area contributed by atoms with Crippen LogP contribution in [-0.2, 0) is 16.0 Å². The molecular formula is C13H17N3O2. The van der Waals surface area contributed by atoms with E-state index in [1.165, 1.54) is 0 Å². The number of amides is 1. The zero-order valence-corrected chi connectivity index (χ0v) is 10.2. The molecule has 1 unspecified atom stereocenters. The summed E-state index contributed by atoms with van der Waals surface area (Å²) in [4.78, 5) is 11.3. The average Bonchev–Trinajstić information content (AvgIpc) is 2.94. The molecule has 5 heteroatoms. The van der Waals surface area contributed by atoms with Crippen molar-refractivity contribution in [1.29, 1.82) is 0 Å². The molecule has 0 aliphatic carbocycles. The van der Waals surface area contributed by atoms with Crippen LogP contribution in [0.4, 0.5) is 17.1 Å². The molecule has 0 aromatic heterocycles. The normalized spacial score (nSPS) is 21.8. The molecule has 1 amide bonds. The first kappa shape index (κ1) is 11.3. The van der Waals surface area contributed by atoms with Gasteiger partial charge in [0, 0.05) is 24.8 Å². The number of ether oxygens (including phenoxy) is 1. The van der Waals surface area contributed by atoms with E-state index in [1.807, 2.05) is 12.1 Å². The Morgan fingerprint density at radius 3 is 3.17 bits per heavy atom. The molecule has 96 valence electrons. The lowest BCUT2D eigenvalue weighted by molar-refractivity contribution is -0.115. The number of carbonyl (C=O) groups excluding carboxylic acids is 1. The lowest BCUT2D eigenvalue weighted by Crippen LogP contribution is -2.15. The molecule has 0 radical (unpaired) electrons. The lowest BCUT2D eigenvalue weighted by atomic mass is 10.1. The van der Waals surface area contributed by atoms with E-state index in [0.717, 1.165) is 43.1 Å². The largest absolute Gasteiger partial charge is 0.397 e. The molecule has 0 bridgehead atoms. The highest BCUT2D eigenvalue weighted by atomic mass is 16.5. The van der Waals surface area contributed by atoms with Crippen LogP contribution in [0, 0.1) is 5.92 Å². The van der Waals surface area contributed by atoms with E-state index in [9.17, 15) is 4.79 Å². The molecule has 0 saturated carbocycles. The first-order chi connectivity index (χ1) is 8.72. The molecule has 0 spiro atoms. The summed E-state index contributed by atoms with van der Waals surface area (Å²) < 4.78 is 5.34. The summed E-state index contributed by atoms with van der Waals surface area (Å²) in [5.41, 5.74) is 9.43. The predicted octanol–water partition coefficient (Wildman–Crippen LogP) is 1.21. The van der Waals surface area contributed by atoms with Gasteiger partial charge in [0.2, 0.25) is 5.91 Å². The molecule has 5 nitrogen and oxygen atoms in total. The molecule has 3 rings (SSSR count). The van der Waals surface area contributed by atoms with Crippen LogP contribution < -0.4 is 16.4 Å². The summed E-state index contributed by atoms with van der Waals surface area (Å²) in [6.07, 6.45) is 1.52. The van der Waals surface area contributed by atoms with Crippen LogP contribution in [0.15, 0.2) is 12.1 Å². The summed E-state index contributed by atoms with van der Waals surface area (Å²) in [5, 5.41) is 6.18. The fourth-order valence-electron chi connectivity index (χ4n) is 2.45. The van der Waals surface area contributed by atoms with Crippen molar-refractivity contribution in [2.45, 2.75) is 12.8 Å². The van der Waals surface area contributed by atoms with Gasteiger partial charge in [0.15, 0.2) is 0 Å². The molecular weight excluding hydrogens is 230 g/mol. The molecule has 1 saturated heterocycles. The number of nitrogen functional groups attached to an aromatic ring is 1. The Hall–Kier alpha value is -1.75. The van der Waals surface area contributed by atoms with E-state index in [4.69, 9.17) is 10.5 Å². The fraction of sp³-hybridized carbons (Fsp3) is 0.462. The van der Waals surface area contributed by atoms with Crippen LogP contribution in [0.2, 0.25) is 0 Å². The molecule has 1 fully saturated rings. The summed E-state index contributed by atoms with van der Waals surface area (Å²) in [5.74, 6) is 0.581. The zero-order valence-electron chi connectivity index (χ0n) is 10.2. The maximum atomic E-state index is 11.3. The second-order valence-electron chi connectivity index (χ2n) is 4.93. The number of benzene rings is 1.